The SMILES string of the molecule is COc1c(C=O)ccc(O)c1NC(=O)OC(C)(C)C. The maximum atomic E-state index is 11.7. The summed E-state index contributed by atoms with van der Waals surface area (Å²) in [6, 6.07) is 2.68. The number of aromatic hydroxyl groups is 1. The van der Waals surface area contributed by atoms with Crippen LogP contribution in [0.5, 0.6) is 11.5 Å². The van der Waals surface area contributed by atoms with Crippen molar-refractivity contribution in [1.29, 1.82) is 0 Å². The zero-order chi connectivity index (χ0) is 14.6. The summed E-state index contributed by atoms with van der Waals surface area (Å²) < 4.78 is 10.1. The van der Waals surface area contributed by atoms with E-state index in [0.29, 0.717) is 6.29 Å². The van der Waals surface area contributed by atoms with Crippen molar-refractivity contribution in [2.24, 2.45) is 0 Å². The van der Waals surface area contributed by atoms with Gasteiger partial charge in [0.05, 0.1) is 12.7 Å². The minimum absolute atomic E-state index is 0.00125. The van der Waals surface area contributed by atoms with Crippen molar-refractivity contribution in [3.05, 3.63) is 17.7 Å². The Bertz CT molecular complexity index is 491. The number of anilines is 1. The van der Waals surface area contributed by atoms with Crippen molar-refractivity contribution in [2.45, 2.75) is 26.4 Å². The van der Waals surface area contributed by atoms with E-state index in [9.17, 15) is 14.7 Å². The van der Waals surface area contributed by atoms with E-state index < -0.39 is 11.7 Å². The fraction of sp³-hybridized carbons (Fsp3) is 0.385. The summed E-state index contributed by atoms with van der Waals surface area (Å²) in [4.78, 5) is 22.5. The Morgan fingerprint density at radius 1 is 1.37 bits per heavy atom. The fourth-order valence-electron chi connectivity index (χ4n) is 1.43. The molecule has 0 spiro atoms. The highest BCUT2D eigenvalue weighted by molar-refractivity contribution is 5.93. The van der Waals surface area contributed by atoms with Crippen molar-refractivity contribution < 1.29 is 24.2 Å². The Morgan fingerprint density at radius 3 is 2.47 bits per heavy atom. The number of carbonyl (C=O) groups is 2. The van der Waals surface area contributed by atoms with E-state index in [1.54, 1.807) is 20.8 Å². The average Bonchev–Trinajstić information content (AvgIpc) is 2.29. The lowest BCUT2D eigenvalue weighted by Gasteiger charge is -2.20. The second kappa shape index (κ2) is 5.60. The van der Waals surface area contributed by atoms with Crippen LogP contribution in [0.25, 0.3) is 0 Å². The largest absolute Gasteiger partial charge is 0.506 e. The standard InChI is InChI=1S/C13H17NO5/c1-13(2,3)19-12(17)14-10-9(16)6-5-8(7-15)11(10)18-4/h5-7,16H,1-4H3,(H,14,17). The van der Waals surface area contributed by atoms with E-state index in [0.717, 1.165) is 0 Å². The first-order valence-corrected chi connectivity index (χ1v) is 5.63. The number of ether oxygens (including phenoxy) is 2. The molecular weight excluding hydrogens is 250 g/mol. The molecule has 1 aromatic carbocycles. The Kier molecular flexibility index (Phi) is 4.37. The number of nitrogens with one attached hydrogen (secondary N) is 1. The van der Waals surface area contributed by atoms with Crippen molar-refractivity contribution in [1.82, 2.24) is 0 Å². The van der Waals surface area contributed by atoms with Crippen LogP contribution in [0.4, 0.5) is 10.5 Å². The number of benzene rings is 1. The molecule has 0 unspecified atom stereocenters. The van der Waals surface area contributed by atoms with E-state index in [2.05, 4.69) is 5.32 Å². The molecule has 0 aliphatic heterocycles. The molecule has 1 aromatic rings. The maximum absolute atomic E-state index is 11.7. The summed E-state index contributed by atoms with van der Waals surface area (Å²) in [6.45, 7) is 5.14. The number of methoxy groups -OCH3 is 1. The predicted molar refractivity (Wildman–Crippen MR) is 69.9 cm³/mol. The molecule has 0 aliphatic carbocycles. The molecule has 0 bridgehead atoms. The summed E-state index contributed by atoms with van der Waals surface area (Å²) >= 11 is 0. The van der Waals surface area contributed by atoms with Gasteiger partial charge in [-0.2, -0.15) is 0 Å². The second-order valence-corrected chi connectivity index (χ2v) is 4.83. The van der Waals surface area contributed by atoms with Gasteiger partial charge in [-0.1, -0.05) is 0 Å². The molecule has 0 aliphatic rings. The van der Waals surface area contributed by atoms with Crippen LogP contribution in [0.1, 0.15) is 31.1 Å². The molecule has 1 rings (SSSR count). The topological polar surface area (TPSA) is 84.9 Å². The van der Waals surface area contributed by atoms with E-state index in [4.69, 9.17) is 9.47 Å². The molecule has 6 heteroatoms. The first-order chi connectivity index (χ1) is 8.78. The highest BCUT2D eigenvalue weighted by Gasteiger charge is 2.20. The Morgan fingerprint density at radius 2 is 2.00 bits per heavy atom. The number of aldehydes is 1. The summed E-state index contributed by atoms with van der Waals surface area (Å²) in [7, 11) is 1.34. The molecule has 0 heterocycles. The number of phenolic OH excluding ortho intramolecular Hbond substituents is 1. The number of rotatable bonds is 3. The van der Waals surface area contributed by atoms with E-state index in [1.807, 2.05) is 0 Å². The van der Waals surface area contributed by atoms with Crippen LogP contribution in [0, 0.1) is 0 Å². The molecule has 104 valence electrons. The quantitative estimate of drug-likeness (QED) is 0.649. The van der Waals surface area contributed by atoms with Gasteiger partial charge in [0.1, 0.15) is 17.0 Å². The minimum Gasteiger partial charge on any atom is -0.506 e. The van der Waals surface area contributed by atoms with Crippen molar-refractivity contribution in [2.75, 3.05) is 12.4 Å². The van der Waals surface area contributed by atoms with Gasteiger partial charge >= 0.3 is 6.09 Å². The molecule has 0 atom stereocenters. The Labute approximate surface area is 111 Å². The lowest BCUT2D eigenvalue weighted by molar-refractivity contribution is 0.0634. The smallest absolute Gasteiger partial charge is 0.412 e. The normalized spacial score (nSPS) is 10.7. The van der Waals surface area contributed by atoms with Crippen molar-refractivity contribution in [3.63, 3.8) is 0 Å². The summed E-state index contributed by atoms with van der Waals surface area (Å²) in [6.07, 6.45) is -0.178. The van der Waals surface area contributed by atoms with Crippen LogP contribution in [0.2, 0.25) is 0 Å². The highest BCUT2D eigenvalue weighted by atomic mass is 16.6. The fourth-order valence-corrected chi connectivity index (χ4v) is 1.43. The molecule has 6 nitrogen and oxygen atoms in total. The third-order valence-corrected chi connectivity index (χ3v) is 2.12. The third kappa shape index (κ3) is 3.87. The number of hydrogen-bond acceptors (Lipinski definition) is 5. The highest BCUT2D eigenvalue weighted by Crippen LogP contribution is 2.36. The molecule has 19 heavy (non-hydrogen) atoms. The molecule has 0 saturated carbocycles. The van der Waals surface area contributed by atoms with Gasteiger partial charge in [0.2, 0.25) is 0 Å². The summed E-state index contributed by atoms with van der Waals surface area (Å²) in [5.41, 5.74) is -0.456. The molecule has 0 radical (unpaired) electrons. The second-order valence-electron chi connectivity index (χ2n) is 4.83. The lowest BCUT2D eigenvalue weighted by Crippen LogP contribution is -2.27. The molecule has 0 fully saturated rings. The monoisotopic (exact) mass is 267 g/mol. The van der Waals surface area contributed by atoms with Gasteiger partial charge in [0.15, 0.2) is 12.0 Å². The van der Waals surface area contributed by atoms with Crippen LogP contribution in [-0.2, 0) is 4.74 Å². The Balaban J connectivity index is 3.06. The first kappa shape index (κ1) is 14.8. The number of carbonyl (C=O) groups excluding carboxylic acids is 2. The average molecular weight is 267 g/mol. The molecule has 0 aromatic heterocycles. The van der Waals surface area contributed by atoms with Crippen LogP contribution in [0.3, 0.4) is 0 Å². The van der Waals surface area contributed by atoms with Gasteiger partial charge < -0.3 is 14.6 Å². The third-order valence-electron chi connectivity index (χ3n) is 2.12. The number of phenols is 1. The van der Waals surface area contributed by atoms with Crippen LogP contribution in [0.15, 0.2) is 12.1 Å². The molecule has 2 N–H and O–H groups in total. The van der Waals surface area contributed by atoms with Gasteiger partial charge in [-0.3, -0.25) is 10.1 Å². The van der Waals surface area contributed by atoms with E-state index in [-0.39, 0.29) is 22.7 Å². The van der Waals surface area contributed by atoms with E-state index >= 15 is 0 Å². The van der Waals surface area contributed by atoms with Crippen LogP contribution >= 0.6 is 0 Å². The van der Waals surface area contributed by atoms with Gasteiger partial charge in [0.25, 0.3) is 0 Å². The molecule has 1 amide bonds. The molecular formula is C13H17NO5. The predicted octanol–water partition coefficient (Wildman–Crippen LogP) is 2.56. The number of amides is 1. The summed E-state index contributed by atoms with van der Waals surface area (Å²) in [5, 5.41) is 12.1. The van der Waals surface area contributed by atoms with Gasteiger partial charge in [-0.25, -0.2) is 4.79 Å². The zero-order valence-electron chi connectivity index (χ0n) is 11.3. The van der Waals surface area contributed by atoms with Gasteiger partial charge in [0, 0.05) is 0 Å². The van der Waals surface area contributed by atoms with Gasteiger partial charge in [-0.05, 0) is 32.9 Å². The van der Waals surface area contributed by atoms with Crippen LogP contribution in [-0.4, -0.2) is 30.2 Å². The van der Waals surface area contributed by atoms with E-state index in [1.165, 1.54) is 19.2 Å². The van der Waals surface area contributed by atoms with Crippen molar-refractivity contribution >= 4 is 18.1 Å². The summed E-state index contributed by atoms with van der Waals surface area (Å²) in [5.74, 6) is -0.130. The maximum Gasteiger partial charge on any atom is 0.412 e. The number of hydrogen-bond donors (Lipinski definition) is 2. The minimum atomic E-state index is -0.746. The first-order valence-electron chi connectivity index (χ1n) is 5.63. The molecule has 0 saturated heterocycles. The lowest BCUT2D eigenvalue weighted by atomic mass is 10.1. The zero-order valence-corrected chi connectivity index (χ0v) is 11.3. The Hall–Kier alpha value is -2.24. The van der Waals surface area contributed by atoms with Crippen molar-refractivity contribution in [3.8, 4) is 11.5 Å². The van der Waals surface area contributed by atoms with Crippen LogP contribution < -0.4 is 10.1 Å². The van der Waals surface area contributed by atoms with Gasteiger partial charge in [-0.15, -0.1) is 0 Å².